The van der Waals surface area contributed by atoms with Crippen LogP contribution in [-0.2, 0) is 44.1 Å². The first-order chi connectivity index (χ1) is 25.3. The van der Waals surface area contributed by atoms with E-state index in [-0.39, 0.29) is 92.2 Å². The van der Waals surface area contributed by atoms with Crippen molar-refractivity contribution in [2.45, 2.75) is 98.5 Å². The summed E-state index contributed by atoms with van der Waals surface area (Å²) < 4.78 is 33.1. The minimum absolute atomic E-state index is 0.00977. The molecule has 0 aromatic heterocycles. The van der Waals surface area contributed by atoms with E-state index < -0.39 is 13.0 Å². The average Bonchev–Trinajstić information content (AvgIpc) is 3.51. The van der Waals surface area contributed by atoms with E-state index in [2.05, 4.69) is 32.9 Å². The molecule has 4 saturated carbocycles. The minimum atomic E-state index is -3.24. The zero-order valence-corrected chi connectivity index (χ0v) is 34.1. The maximum atomic E-state index is 14.1. The number of benzene rings is 2. The van der Waals surface area contributed by atoms with Gasteiger partial charge in [-0.25, -0.2) is 0 Å². The van der Waals surface area contributed by atoms with Crippen LogP contribution in [0.5, 0.6) is 0 Å². The van der Waals surface area contributed by atoms with Gasteiger partial charge in [0.2, 0.25) is 0 Å². The van der Waals surface area contributed by atoms with Crippen LogP contribution in [0.15, 0.2) is 59.1 Å². The van der Waals surface area contributed by atoms with Crippen LogP contribution in [0, 0.1) is 46.3 Å². The van der Waals surface area contributed by atoms with Crippen LogP contribution in [0.1, 0.15) is 103 Å². The fourth-order valence-electron chi connectivity index (χ4n) is 10.7. The van der Waals surface area contributed by atoms with Crippen molar-refractivity contribution in [3.63, 3.8) is 0 Å². The van der Waals surface area contributed by atoms with E-state index in [9.17, 15) is 23.7 Å². The molecule has 2 aromatic rings. The molecule has 284 valence electrons. The Bertz CT molecular complexity index is 1820. The topological polar surface area (TPSA) is 113 Å². The van der Waals surface area contributed by atoms with Crippen LogP contribution >= 0.6 is 7.60 Å². The zero-order valence-electron chi connectivity index (χ0n) is 31.5. The van der Waals surface area contributed by atoms with Crippen molar-refractivity contribution in [2.24, 2.45) is 46.3 Å². The van der Waals surface area contributed by atoms with Gasteiger partial charge in [-0.05, 0) is 48.3 Å². The average molecular weight is 808 g/mol. The first-order valence-corrected chi connectivity index (χ1v) is 23.0. The molecule has 2 unspecified atom stereocenters. The second kappa shape index (κ2) is 15.4. The number of hydrogen-bond acceptors (Lipinski definition) is 8. The number of ether oxygens (including phenoxy) is 1. The maximum absolute atomic E-state index is 14.1. The zero-order chi connectivity index (χ0) is 37.5. The normalized spacial score (nSPS) is 34.5. The van der Waals surface area contributed by atoms with Crippen molar-refractivity contribution in [3.05, 3.63) is 70.2 Å². The number of fused-ring (bicyclic) bond motifs is 5. The van der Waals surface area contributed by atoms with E-state index >= 15 is 0 Å². The van der Waals surface area contributed by atoms with Crippen molar-refractivity contribution in [1.82, 2.24) is 0 Å². The molecule has 0 saturated heterocycles. The molecule has 53 heavy (non-hydrogen) atoms. The van der Waals surface area contributed by atoms with E-state index in [0.717, 1.165) is 34.9 Å². The fraction of sp³-hybridized carbons (Fsp3) is 0.581. The molecule has 4 aliphatic carbocycles. The van der Waals surface area contributed by atoms with E-state index in [0.29, 0.717) is 57.1 Å². The van der Waals surface area contributed by atoms with E-state index in [1.54, 1.807) is 0 Å². The van der Waals surface area contributed by atoms with E-state index in [4.69, 9.17) is 13.8 Å². The Hall–Kier alpha value is -2.83. The SMILES string of the molecule is CCOP1(=O)CCC([Se]c2ccccc2)=C(c2ccc(COC(=O)CC[C@@H](C)[C@H]3CC[C@H]4[C@@H]5C(=O)CC6CC(=O)CC[C@]6(C)[C@H]5CC(=O)[C@]34C)cc2)O1. The van der Waals surface area contributed by atoms with Gasteiger partial charge in [-0.2, -0.15) is 0 Å². The first kappa shape index (κ1) is 38.4. The van der Waals surface area contributed by atoms with Gasteiger partial charge < -0.3 is 0 Å². The standard InChI is InChI=1S/C43H53O8PSe/c1-5-50-52(48)22-20-37(53-32-9-7-6-8-10-32)41(51-52)29-14-12-28(13-15-29)26-49-39(47)18-11-27(2)33-16-17-34-40-35(25-38(46)43(33,34)4)42(3)21-19-31(44)23-30(42)24-36(40)45/h6-10,12-15,27,30,33-35,40H,5,11,16-26H2,1-4H3/t27-,30?,33-,34+,35+,40+,42+,43-,52?/m1/s1. The Labute approximate surface area is 320 Å². The second-order valence-corrected chi connectivity index (χ2v) is 21.1. The van der Waals surface area contributed by atoms with Gasteiger partial charge in [0.15, 0.2) is 0 Å². The Kier molecular flexibility index (Phi) is 11.1. The molecule has 7 rings (SSSR count). The summed E-state index contributed by atoms with van der Waals surface area (Å²) >= 11 is 0.00977. The molecule has 1 aliphatic heterocycles. The van der Waals surface area contributed by atoms with Gasteiger partial charge in [0.05, 0.1) is 0 Å². The summed E-state index contributed by atoms with van der Waals surface area (Å²) in [4.78, 5) is 53.2. The van der Waals surface area contributed by atoms with Crippen LogP contribution in [0.2, 0.25) is 0 Å². The summed E-state index contributed by atoms with van der Waals surface area (Å²) in [7, 11) is -3.24. The third-order valence-corrected chi connectivity index (χ3v) is 18.0. The quantitative estimate of drug-likeness (QED) is 0.127. The molecule has 9 atom stereocenters. The van der Waals surface area contributed by atoms with Crippen LogP contribution in [0.4, 0.5) is 0 Å². The summed E-state index contributed by atoms with van der Waals surface area (Å²) in [5, 5.41) is 0. The number of hydrogen-bond donors (Lipinski definition) is 0. The Morgan fingerprint density at radius 2 is 1.74 bits per heavy atom. The first-order valence-electron chi connectivity index (χ1n) is 19.6. The molecule has 1 heterocycles. The van der Waals surface area contributed by atoms with Crippen LogP contribution in [0.3, 0.4) is 0 Å². The van der Waals surface area contributed by atoms with Gasteiger partial charge in [-0.3, -0.25) is 14.4 Å². The Balaban J connectivity index is 0.956. The molecular formula is C43H53O8PSe. The van der Waals surface area contributed by atoms with E-state index in [1.165, 1.54) is 4.46 Å². The van der Waals surface area contributed by atoms with Gasteiger partial charge in [-0.15, -0.1) is 0 Å². The third-order valence-electron chi connectivity index (χ3n) is 13.7. The number of carbonyl (C=O) groups is 4. The monoisotopic (exact) mass is 808 g/mol. The molecule has 0 radical (unpaired) electrons. The van der Waals surface area contributed by atoms with Crippen LogP contribution < -0.4 is 4.46 Å². The van der Waals surface area contributed by atoms with Crippen molar-refractivity contribution in [2.75, 3.05) is 12.8 Å². The second-order valence-electron chi connectivity index (χ2n) is 16.6. The number of carbonyl (C=O) groups excluding carboxylic acids is 4. The predicted octanol–water partition coefficient (Wildman–Crippen LogP) is 8.08. The Morgan fingerprint density at radius 1 is 0.981 bits per heavy atom. The van der Waals surface area contributed by atoms with Crippen LogP contribution in [0.25, 0.3) is 5.76 Å². The van der Waals surface area contributed by atoms with Crippen molar-refractivity contribution < 1.29 is 37.5 Å². The van der Waals surface area contributed by atoms with Crippen molar-refractivity contribution in [1.29, 1.82) is 0 Å². The predicted molar refractivity (Wildman–Crippen MR) is 204 cm³/mol. The summed E-state index contributed by atoms with van der Waals surface area (Å²) in [6.07, 6.45) is 6.38. The van der Waals surface area contributed by atoms with Gasteiger partial charge in [0.25, 0.3) is 0 Å². The summed E-state index contributed by atoms with van der Waals surface area (Å²) in [5.41, 5.74) is 0.980. The fourth-order valence-corrected chi connectivity index (χ4v) is 15.0. The third kappa shape index (κ3) is 7.45. The summed E-state index contributed by atoms with van der Waals surface area (Å²) in [6.45, 7) is 8.78. The number of ketones is 3. The molecule has 10 heteroatoms. The molecule has 5 aliphatic rings. The summed E-state index contributed by atoms with van der Waals surface area (Å²) in [6, 6.07) is 17.9. The van der Waals surface area contributed by atoms with Crippen molar-refractivity contribution in [3.8, 4) is 0 Å². The molecule has 0 spiro atoms. The van der Waals surface area contributed by atoms with Gasteiger partial charge in [0, 0.05) is 37.0 Å². The molecule has 0 bridgehead atoms. The molecule has 2 aromatic carbocycles. The van der Waals surface area contributed by atoms with Crippen LogP contribution in [-0.4, -0.2) is 51.0 Å². The molecule has 8 nitrogen and oxygen atoms in total. The van der Waals surface area contributed by atoms with Gasteiger partial charge in [-0.1, -0.05) is 20.8 Å². The number of Topliss-reactive ketones (excluding diaryl/α,β-unsaturated/α-hetero) is 3. The molecule has 4 fully saturated rings. The van der Waals surface area contributed by atoms with Gasteiger partial charge >= 0.3 is 184 Å². The molecular weight excluding hydrogens is 754 g/mol. The number of esters is 1. The number of rotatable bonds is 11. The summed E-state index contributed by atoms with van der Waals surface area (Å²) in [5.74, 6) is 1.44. The number of allylic oxidation sites excluding steroid dienone is 1. The van der Waals surface area contributed by atoms with Gasteiger partial charge in [0.1, 0.15) is 17.3 Å². The molecule has 0 N–H and O–H groups in total. The van der Waals surface area contributed by atoms with E-state index in [1.807, 2.05) is 49.4 Å². The molecule has 0 amide bonds. The Morgan fingerprint density at radius 3 is 2.47 bits per heavy atom. The van der Waals surface area contributed by atoms with Crippen molar-refractivity contribution >= 4 is 56.1 Å².